The van der Waals surface area contributed by atoms with Crippen LogP contribution in [0.5, 0.6) is 0 Å². The first-order chi connectivity index (χ1) is 4.49. The highest BCUT2D eigenvalue weighted by Crippen LogP contribution is 2.10. The number of aldehydes is 1. The zero-order valence-electron chi connectivity index (χ0n) is 6.89. The van der Waals surface area contributed by atoms with Gasteiger partial charge in [-0.15, -0.1) is 0 Å². The number of hydrogen-bond acceptors (Lipinski definition) is 2. The van der Waals surface area contributed by atoms with Gasteiger partial charge in [0.2, 0.25) is 0 Å². The molecule has 0 aromatic carbocycles. The van der Waals surface area contributed by atoms with Gasteiger partial charge in [-0.2, -0.15) is 0 Å². The van der Waals surface area contributed by atoms with Gasteiger partial charge in [0.15, 0.2) is 0 Å². The second-order valence-electron chi connectivity index (χ2n) is 3.19. The van der Waals surface area contributed by atoms with E-state index in [1.54, 1.807) is 0 Å². The van der Waals surface area contributed by atoms with Crippen LogP contribution in [0.2, 0.25) is 0 Å². The van der Waals surface area contributed by atoms with Gasteiger partial charge in [-0.25, -0.2) is 0 Å². The third-order valence-corrected chi connectivity index (χ3v) is 0.941. The normalized spacial score (nSPS) is 14.8. The van der Waals surface area contributed by atoms with Crippen LogP contribution in [-0.4, -0.2) is 18.0 Å². The van der Waals surface area contributed by atoms with Crippen LogP contribution in [0, 0.1) is 6.92 Å². The van der Waals surface area contributed by atoms with Crippen LogP contribution in [0.3, 0.4) is 0 Å². The Labute approximate surface area is 62.6 Å². The zero-order valence-corrected chi connectivity index (χ0v) is 6.89. The monoisotopic (exact) mass is 143 g/mol. The van der Waals surface area contributed by atoms with Crippen molar-refractivity contribution in [1.29, 1.82) is 0 Å². The molecule has 0 N–H and O–H groups in total. The van der Waals surface area contributed by atoms with E-state index in [0.717, 1.165) is 6.29 Å². The Balaban J connectivity index is 3.74. The molecule has 1 radical (unpaired) electrons. The van der Waals surface area contributed by atoms with Crippen molar-refractivity contribution in [2.75, 3.05) is 0 Å². The quantitative estimate of drug-likeness (QED) is 0.561. The van der Waals surface area contributed by atoms with E-state index >= 15 is 0 Å². The molecule has 1 atom stereocenters. The summed E-state index contributed by atoms with van der Waals surface area (Å²) in [6.07, 6.45) is 0.943. The van der Waals surface area contributed by atoms with Crippen LogP contribution < -0.4 is 0 Å². The summed E-state index contributed by atoms with van der Waals surface area (Å²) in [5.41, 5.74) is -0.247. The lowest BCUT2D eigenvalue weighted by Gasteiger charge is -2.23. The van der Waals surface area contributed by atoms with Crippen molar-refractivity contribution < 1.29 is 9.53 Å². The van der Waals surface area contributed by atoms with Gasteiger partial charge in [0, 0.05) is 0 Å². The molecule has 0 heterocycles. The van der Waals surface area contributed by atoms with Crippen LogP contribution in [0.15, 0.2) is 0 Å². The molecule has 0 amide bonds. The van der Waals surface area contributed by atoms with Gasteiger partial charge in [0.05, 0.1) is 5.60 Å². The number of hydrogen-bond donors (Lipinski definition) is 0. The Morgan fingerprint density at radius 3 is 2.20 bits per heavy atom. The first-order valence-corrected chi connectivity index (χ1v) is 3.42. The molecule has 0 aliphatic heterocycles. The molecule has 0 aromatic heterocycles. The van der Waals surface area contributed by atoms with Crippen molar-refractivity contribution >= 4 is 6.29 Å². The predicted molar refractivity (Wildman–Crippen MR) is 40.7 cm³/mol. The first kappa shape index (κ1) is 9.63. The molecular weight excluding hydrogens is 128 g/mol. The summed E-state index contributed by atoms with van der Waals surface area (Å²) in [5, 5.41) is 0. The summed E-state index contributed by atoms with van der Waals surface area (Å²) in [4.78, 5) is 10.2. The first-order valence-electron chi connectivity index (χ1n) is 3.42. The number of carbonyl (C=O) groups excluding carboxylic acids is 1. The largest absolute Gasteiger partial charge is 0.365 e. The summed E-state index contributed by atoms with van der Waals surface area (Å²) < 4.78 is 5.31. The maximum atomic E-state index is 10.2. The van der Waals surface area contributed by atoms with E-state index in [9.17, 15) is 4.79 Å². The van der Waals surface area contributed by atoms with Crippen molar-refractivity contribution in [3.8, 4) is 0 Å². The molecule has 0 aliphatic rings. The van der Waals surface area contributed by atoms with Crippen molar-refractivity contribution in [2.24, 2.45) is 0 Å². The topological polar surface area (TPSA) is 26.3 Å². The lowest BCUT2D eigenvalue weighted by molar-refractivity contribution is -0.127. The zero-order chi connectivity index (χ0) is 8.20. The summed E-state index contributed by atoms with van der Waals surface area (Å²) in [7, 11) is 0. The second kappa shape index (κ2) is 3.71. The molecule has 0 rings (SSSR count). The average Bonchev–Trinajstić information content (AvgIpc) is 1.81. The molecule has 0 saturated heterocycles. The van der Waals surface area contributed by atoms with E-state index in [2.05, 4.69) is 6.92 Å². The van der Waals surface area contributed by atoms with Gasteiger partial charge in [0.25, 0.3) is 0 Å². The minimum absolute atomic E-state index is 0.247. The minimum Gasteiger partial charge on any atom is -0.365 e. The molecule has 10 heavy (non-hydrogen) atoms. The third kappa shape index (κ3) is 4.50. The van der Waals surface area contributed by atoms with E-state index in [1.807, 2.05) is 20.8 Å². The molecular formula is C8H15O2. The van der Waals surface area contributed by atoms with E-state index in [-0.39, 0.29) is 11.7 Å². The summed E-state index contributed by atoms with van der Waals surface area (Å²) in [6.45, 7) is 9.33. The Morgan fingerprint density at radius 1 is 1.60 bits per heavy atom. The Hall–Kier alpha value is -0.370. The van der Waals surface area contributed by atoms with E-state index < -0.39 is 0 Å². The fourth-order valence-electron chi connectivity index (χ4n) is 0.609. The van der Waals surface area contributed by atoms with Crippen LogP contribution in [0.25, 0.3) is 0 Å². The van der Waals surface area contributed by atoms with Crippen LogP contribution in [0.1, 0.15) is 27.2 Å². The van der Waals surface area contributed by atoms with Gasteiger partial charge >= 0.3 is 0 Å². The summed E-state index contributed by atoms with van der Waals surface area (Å²) in [6, 6.07) is 0. The average molecular weight is 143 g/mol. The molecule has 2 heteroatoms. The van der Waals surface area contributed by atoms with Crippen molar-refractivity contribution in [1.82, 2.24) is 0 Å². The van der Waals surface area contributed by atoms with Crippen LogP contribution >= 0.6 is 0 Å². The van der Waals surface area contributed by atoms with Gasteiger partial charge in [-0.3, -0.25) is 0 Å². The smallest absolute Gasteiger partial charge is 0.148 e. The maximum Gasteiger partial charge on any atom is 0.148 e. The standard InChI is InChI=1S/C8H15O2/c1-5-7(6-9)10-8(2,3)4/h6-7H,1,5H2,2-4H3. The maximum absolute atomic E-state index is 10.2. The SMILES string of the molecule is [CH2]CC(C=O)OC(C)(C)C. The third-order valence-electron chi connectivity index (χ3n) is 0.941. The molecule has 59 valence electrons. The number of carbonyl (C=O) groups is 1. The van der Waals surface area contributed by atoms with Crippen molar-refractivity contribution in [3.63, 3.8) is 0 Å². The van der Waals surface area contributed by atoms with Gasteiger partial charge in [-0.1, -0.05) is 6.92 Å². The molecule has 0 aliphatic carbocycles. The second-order valence-corrected chi connectivity index (χ2v) is 3.19. The van der Waals surface area contributed by atoms with Gasteiger partial charge in [0.1, 0.15) is 12.4 Å². The van der Waals surface area contributed by atoms with Gasteiger partial charge < -0.3 is 9.53 Å². The molecule has 0 bridgehead atoms. The molecule has 1 unspecified atom stereocenters. The fraction of sp³-hybridized carbons (Fsp3) is 0.750. The van der Waals surface area contributed by atoms with Crippen molar-refractivity contribution in [3.05, 3.63) is 6.92 Å². The van der Waals surface area contributed by atoms with E-state index in [4.69, 9.17) is 4.74 Å². The highest BCUT2D eigenvalue weighted by Gasteiger charge is 2.15. The van der Waals surface area contributed by atoms with E-state index in [1.165, 1.54) is 0 Å². The van der Waals surface area contributed by atoms with Gasteiger partial charge in [-0.05, 0) is 27.2 Å². The summed E-state index contributed by atoms with van der Waals surface area (Å²) in [5.74, 6) is 0. The Bertz CT molecular complexity index is 102. The number of rotatable bonds is 3. The molecule has 0 saturated carbocycles. The van der Waals surface area contributed by atoms with Crippen LogP contribution in [0.4, 0.5) is 0 Å². The highest BCUT2D eigenvalue weighted by atomic mass is 16.5. The molecule has 0 aromatic rings. The molecule has 0 spiro atoms. The van der Waals surface area contributed by atoms with E-state index in [0.29, 0.717) is 6.42 Å². The Kier molecular flexibility index (Phi) is 3.58. The summed E-state index contributed by atoms with van der Waals surface area (Å²) >= 11 is 0. The minimum atomic E-state index is -0.347. The molecule has 2 nitrogen and oxygen atoms in total. The lowest BCUT2D eigenvalue weighted by Crippen LogP contribution is -2.27. The van der Waals surface area contributed by atoms with Crippen molar-refractivity contribution in [2.45, 2.75) is 38.9 Å². The molecule has 0 fully saturated rings. The predicted octanol–water partition coefficient (Wildman–Crippen LogP) is 1.59. The lowest BCUT2D eigenvalue weighted by atomic mass is 10.2. The Morgan fingerprint density at radius 2 is 2.10 bits per heavy atom. The fourth-order valence-corrected chi connectivity index (χ4v) is 0.609. The highest BCUT2D eigenvalue weighted by molar-refractivity contribution is 5.56. The number of ether oxygens (including phenoxy) is 1. The van der Waals surface area contributed by atoms with Crippen LogP contribution in [-0.2, 0) is 9.53 Å².